The third-order valence-electron chi connectivity index (χ3n) is 19.9. The molecular weight excluding hydrogens is 2300 g/mol. The van der Waals surface area contributed by atoms with Gasteiger partial charge in [0.15, 0.2) is 0 Å². The number of aromatic nitrogens is 4. The van der Waals surface area contributed by atoms with Gasteiger partial charge in [-0.3, -0.25) is 60.4 Å². The van der Waals surface area contributed by atoms with Crippen molar-refractivity contribution in [3.8, 4) is 45.0 Å². The summed E-state index contributed by atoms with van der Waals surface area (Å²) in [5.74, 6) is -4.16. The summed E-state index contributed by atoms with van der Waals surface area (Å²) in [6.45, 7) is 23.4. The molecule has 6 heterocycles. The molecule has 42 heteroatoms. The Hall–Kier alpha value is -11.6. The second kappa shape index (κ2) is 50.7. The normalized spacial score (nSPS) is 12.9. The number of benzene rings is 7. The highest BCUT2D eigenvalue weighted by Crippen LogP contribution is 2.39. The molecule has 2 aliphatic heterocycles. The van der Waals surface area contributed by atoms with E-state index in [0.29, 0.717) is 46.2 Å². The molecule has 35 nitrogen and oxygen atoms in total. The zero-order valence-electron chi connectivity index (χ0n) is 75.6. The highest BCUT2D eigenvalue weighted by atomic mass is 127. The number of ether oxygens (including phenoxy) is 6. The van der Waals surface area contributed by atoms with Gasteiger partial charge in [0.25, 0.3) is 22.7 Å². The third-order valence-corrected chi connectivity index (χ3v) is 21.8. The molecule has 0 unspecified atom stereocenters. The number of carboxylic acid groups (broad SMARTS) is 1. The van der Waals surface area contributed by atoms with Crippen molar-refractivity contribution in [2.75, 3.05) is 50.8 Å². The highest BCUT2D eigenvalue weighted by Gasteiger charge is 2.53. The van der Waals surface area contributed by atoms with Crippen LogP contribution in [0.15, 0.2) is 201 Å². The van der Waals surface area contributed by atoms with E-state index in [9.17, 15) is 74.0 Å². The van der Waals surface area contributed by atoms with Crippen LogP contribution in [0.2, 0.25) is 0 Å². The topological polar surface area (TPSA) is 482 Å². The first-order chi connectivity index (χ1) is 62.9. The molecule has 0 radical (unpaired) electrons. The SMILES string of the molecule is COC(=O)c1cc(-c2ccc(C)cn2)cc([N+](=O)[O-])c1.COC(=O)c1cc(B2OC(C)(C)C(C)(C)O2)cc(-c2ccc(C)cn2)c1.COC(=O)c1cc(B2OC(C)(C)C(C)(C)O2)cc([N+](=O)[O-])c1.COC(=O)c1cc(I)cc(-c2ccc(C)cn2)c1.COC(=O)c1cc(I)cc([N+](=O)[O-])c1.COC(=O)c1cc(N)cc(-c2ccc(C)cn2)c1.ICI.O=C(O)c1cc(I)cc([N+](=O)[O-])c1. The highest BCUT2D eigenvalue weighted by molar-refractivity contribution is 14.2. The average Bonchev–Trinajstić information content (AvgIpc) is 1.62. The molecule has 7 aromatic carbocycles. The molecule has 0 bridgehead atoms. The number of carbonyl (C=O) groups excluding carboxylic acids is 6. The molecule has 2 saturated heterocycles. The van der Waals surface area contributed by atoms with Gasteiger partial charge in [-0.25, -0.2) is 33.6 Å². The number of nitrogens with zero attached hydrogens (tertiary/aromatic N) is 8. The van der Waals surface area contributed by atoms with Crippen LogP contribution in [0.3, 0.4) is 0 Å². The lowest BCUT2D eigenvalue weighted by atomic mass is 9.77. The number of hydrogen-bond donors (Lipinski definition) is 2. The van der Waals surface area contributed by atoms with Gasteiger partial charge in [-0.1, -0.05) is 75.5 Å². The molecule has 0 aliphatic carbocycles. The molecule has 134 heavy (non-hydrogen) atoms. The van der Waals surface area contributed by atoms with E-state index in [2.05, 4.69) is 107 Å². The zero-order chi connectivity index (χ0) is 100. The Bertz CT molecular complexity index is 5950. The van der Waals surface area contributed by atoms with Crippen molar-refractivity contribution in [2.24, 2.45) is 0 Å². The minimum atomic E-state index is -1.17. The van der Waals surface area contributed by atoms with Gasteiger partial charge in [-0.2, -0.15) is 0 Å². The van der Waals surface area contributed by atoms with Gasteiger partial charge in [0.05, 0.1) is 149 Å². The summed E-state index contributed by atoms with van der Waals surface area (Å²) >= 11 is 10.5. The maximum atomic E-state index is 12.1. The number of methoxy groups -OCH3 is 6. The van der Waals surface area contributed by atoms with Crippen LogP contribution < -0.4 is 16.7 Å². The standard InChI is InChI=1S/C20H24BNO4.C14H18BNO6.C14H12INO2.C14H12N2O4.C14H14N2O2.C8H6INO4.C7H4INO4.CH2I2/c1-13-7-8-17(22-12-13)14-9-15(18(23)24-6)11-16(10-14)21-25-19(2,3)20(4,5)26-21;1-13(2)14(3,4)22-15(21-13)10-6-9(12(17)20-5)7-11(8-10)16(18)19;1-9-3-4-13(16-8-9)10-5-11(14(17)18-2)7-12(15)6-10;1-9-3-4-13(15-8-9)10-5-11(14(17)20-2)7-12(6-10)16(18)19;1-9-3-4-13(16-8-9)10-5-11(14(17)18-2)7-12(15)6-10;1-14-8(11)5-2-6(9)4-7(3-5)10(12)13;8-5-1-4(7(10)11)2-6(3-5)9(12)13;2-1-3/h7-12H,1-6H3;6-8H,1-5H3;3-8H,1-2H3;3-8H,1-2H3;3-8H,15H2,1-2H3;2-4H,1H3;1-3H,(H,10,11);1H2. The quantitative estimate of drug-likeness (QED) is 0.0125. The zero-order valence-corrected chi connectivity index (χ0v) is 86.4. The Kier molecular flexibility index (Phi) is 42.1. The van der Waals surface area contributed by atoms with Crippen LogP contribution in [0.5, 0.6) is 0 Å². The van der Waals surface area contributed by atoms with Crippen molar-refractivity contribution in [3.63, 3.8) is 0 Å². The Morgan fingerprint density at radius 3 is 0.873 bits per heavy atom. The predicted octanol–water partition coefficient (Wildman–Crippen LogP) is 19.1. The Morgan fingerprint density at radius 1 is 0.343 bits per heavy atom. The number of halogens is 5. The summed E-state index contributed by atoms with van der Waals surface area (Å²) in [4.78, 5) is 138. The summed E-state index contributed by atoms with van der Waals surface area (Å²) < 4.78 is 55.3. The Morgan fingerprint density at radius 2 is 0.575 bits per heavy atom. The van der Waals surface area contributed by atoms with Gasteiger partial charge in [0, 0.05) is 112 Å². The number of rotatable bonds is 17. The fourth-order valence-corrected chi connectivity index (χ4v) is 13.6. The van der Waals surface area contributed by atoms with Crippen LogP contribution in [0.1, 0.15) is 150 Å². The average molecular weight is 2400 g/mol. The number of carbonyl (C=O) groups is 7. The van der Waals surface area contributed by atoms with Gasteiger partial charge in [-0.05, 0) is 281 Å². The van der Waals surface area contributed by atoms with Crippen LogP contribution in [-0.2, 0) is 47.0 Å². The van der Waals surface area contributed by atoms with Gasteiger partial charge < -0.3 is 57.9 Å². The van der Waals surface area contributed by atoms with Gasteiger partial charge in [-0.15, -0.1) is 0 Å². The van der Waals surface area contributed by atoms with Crippen LogP contribution in [0, 0.1) is 78.9 Å². The number of aromatic carboxylic acids is 1. The number of nitrogen functional groups attached to an aromatic ring is 1. The monoisotopic (exact) mass is 2400 g/mol. The fourth-order valence-electron chi connectivity index (χ4n) is 11.6. The van der Waals surface area contributed by atoms with E-state index < -0.39 is 92.2 Å². The van der Waals surface area contributed by atoms with Crippen molar-refractivity contribution >= 4 is 208 Å². The Labute approximate surface area is 840 Å². The van der Waals surface area contributed by atoms with E-state index in [1.807, 2.05) is 189 Å². The number of nitro benzene ring substituents is 4. The van der Waals surface area contributed by atoms with Crippen molar-refractivity contribution < 1.29 is 105 Å². The lowest BCUT2D eigenvalue weighted by Crippen LogP contribution is -2.41. The van der Waals surface area contributed by atoms with Crippen molar-refractivity contribution in [2.45, 2.75) is 105 Å². The minimum Gasteiger partial charge on any atom is -0.478 e. The largest absolute Gasteiger partial charge is 0.495 e. The second-order valence-corrected chi connectivity index (χ2v) is 39.0. The van der Waals surface area contributed by atoms with Crippen LogP contribution in [0.25, 0.3) is 45.0 Å². The maximum Gasteiger partial charge on any atom is 0.495 e. The molecule has 0 spiro atoms. The lowest BCUT2D eigenvalue weighted by molar-refractivity contribution is -0.385. The first-order valence-corrected chi connectivity index (χ1v) is 45.8. The number of anilines is 1. The summed E-state index contributed by atoms with van der Waals surface area (Å²) in [5, 5.41) is 51.4. The van der Waals surface area contributed by atoms with Gasteiger partial charge >= 0.3 is 56.0 Å². The molecule has 2 fully saturated rings. The van der Waals surface area contributed by atoms with E-state index in [4.69, 9.17) is 38.9 Å². The predicted molar refractivity (Wildman–Crippen MR) is 545 cm³/mol. The summed E-state index contributed by atoms with van der Waals surface area (Å²) in [7, 11) is 6.42. The number of pyridine rings is 4. The van der Waals surface area contributed by atoms with Gasteiger partial charge in [0.1, 0.15) is 0 Å². The molecule has 11 aromatic rings. The number of alkyl halides is 2. The summed E-state index contributed by atoms with van der Waals surface area (Å²) in [6.07, 6.45) is 7.05. The van der Waals surface area contributed by atoms with E-state index in [1.54, 1.807) is 67.1 Å². The van der Waals surface area contributed by atoms with E-state index >= 15 is 0 Å². The van der Waals surface area contributed by atoms with Crippen LogP contribution in [0.4, 0.5) is 28.4 Å². The number of non-ortho nitro benzene ring substituents is 4. The number of esters is 6. The van der Waals surface area contributed by atoms with Crippen molar-refractivity contribution in [1.29, 1.82) is 0 Å². The molecule has 13 rings (SSSR count). The number of hydrogen-bond acceptors (Lipinski definition) is 30. The summed E-state index contributed by atoms with van der Waals surface area (Å²) in [6, 6.07) is 47.4. The fraction of sp³-hybridized carbons (Fsp3) is 0.250. The number of nitrogens with two attached hydrogens (primary N) is 1. The first kappa shape index (κ1) is 111. The Balaban J connectivity index is 0.000000241. The smallest absolute Gasteiger partial charge is 0.478 e. The van der Waals surface area contributed by atoms with Gasteiger partial charge in [0.2, 0.25) is 0 Å². The van der Waals surface area contributed by atoms with E-state index in [-0.39, 0.29) is 51.0 Å². The molecule has 0 amide bonds. The number of nitro groups is 4. The molecule has 0 atom stereocenters. The number of aryl methyl sites for hydroxylation is 4. The molecule has 702 valence electrons. The van der Waals surface area contributed by atoms with E-state index in [0.717, 1.165) is 71.1 Å². The van der Waals surface area contributed by atoms with Crippen molar-refractivity contribution in [3.05, 3.63) is 313 Å². The summed E-state index contributed by atoms with van der Waals surface area (Å²) in [5.41, 5.74) is 16.7. The number of carboxylic acids is 1. The van der Waals surface area contributed by atoms with E-state index in [1.165, 1.54) is 112 Å². The van der Waals surface area contributed by atoms with Crippen LogP contribution >= 0.6 is 113 Å². The molecule has 3 N–H and O–H groups in total. The molecule has 4 aromatic heterocycles. The van der Waals surface area contributed by atoms with Crippen LogP contribution in [-0.4, -0.2) is 168 Å². The molecule has 0 saturated carbocycles. The molecular formula is C92H92B2I5N9O26. The molecule has 2 aliphatic rings. The first-order valence-electron chi connectivity index (χ1n) is 39.5. The maximum absolute atomic E-state index is 12.1. The lowest BCUT2D eigenvalue weighted by Gasteiger charge is -2.32. The second-order valence-electron chi connectivity index (χ2n) is 30.8. The van der Waals surface area contributed by atoms with Crippen molar-refractivity contribution in [1.82, 2.24) is 19.9 Å². The third kappa shape index (κ3) is 32.4. The minimum absolute atomic E-state index is 0.0707.